The molecule has 104 valence electrons. The van der Waals surface area contributed by atoms with E-state index in [9.17, 15) is 4.79 Å². The second kappa shape index (κ2) is 6.06. The maximum atomic E-state index is 11.4. The number of methoxy groups -OCH3 is 1. The van der Waals surface area contributed by atoms with E-state index < -0.39 is 0 Å². The quantitative estimate of drug-likeness (QED) is 0.845. The number of carbonyl (C=O) groups is 1. The van der Waals surface area contributed by atoms with E-state index in [2.05, 4.69) is 25.2 Å². The summed E-state index contributed by atoms with van der Waals surface area (Å²) in [6, 6.07) is 7.82. The number of hydrogen-bond donors (Lipinski definition) is 1. The lowest BCUT2D eigenvalue weighted by Gasteiger charge is -2.17. The van der Waals surface area contributed by atoms with E-state index in [1.54, 1.807) is 0 Å². The molecular weight excluding hydrogens is 242 g/mol. The predicted molar refractivity (Wildman–Crippen MR) is 73.4 cm³/mol. The van der Waals surface area contributed by atoms with Crippen LogP contribution in [0.5, 0.6) is 5.75 Å². The molecule has 1 N–H and O–H groups in total. The van der Waals surface area contributed by atoms with Crippen molar-refractivity contribution in [1.29, 1.82) is 0 Å². The molecule has 0 saturated carbocycles. The van der Waals surface area contributed by atoms with Crippen molar-refractivity contribution < 1.29 is 14.3 Å². The minimum absolute atomic E-state index is 0.0176. The van der Waals surface area contributed by atoms with Crippen molar-refractivity contribution in [2.75, 3.05) is 13.7 Å². The Balaban J connectivity index is 2.01. The van der Waals surface area contributed by atoms with Gasteiger partial charge in [-0.2, -0.15) is 0 Å². The predicted octanol–water partition coefficient (Wildman–Crippen LogP) is 2.09. The van der Waals surface area contributed by atoms with Crippen LogP contribution in [0.3, 0.4) is 0 Å². The molecule has 1 heterocycles. The Bertz CT molecular complexity index is 445. The number of esters is 1. The van der Waals surface area contributed by atoms with Crippen molar-refractivity contribution in [2.24, 2.45) is 0 Å². The molecule has 2 rings (SSSR count). The lowest BCUT2D eigenvalue weighted by Crippen LogP contribution is -2.31. The number of benzene rings is 1. The van der Waals surface area contributed by atoms with E-state index in [1.807, 2.05) is 18.2 Å². The molecule has 0 radical (unpaired) electrons. The molecule has 4 heteroatoms. The van der Waals surface area contributed by atoms with Crippen LogP contribution in [-0.4, -0.2) is 31.8 Å². The fraction of sp³-hybridized carbons (Fsp3) is 0.533. The first kappa shape index (κ1) is 13.9. The molecule has 2 atom stereocenters. The van der Waals surface area contributed by atoms with Crippen molar-refractivity contribution in [3.05, 3.63) is 29.8 Å². The molecule has 0 amide bonds. The van der Waals surface area contributed by atoms with Gasteiger partial charge in [-0.1, -0.05) is 32.0 Å². The highest BCUT2D eigenvalue weighted by molar-refractivity contribution is 5.76. The Labute approximate surface area is 114 Å². The molecule has 4 nitrogen and oxygen atoms in total. The molecule has 19 heavy (non-hydrogen) atoms. The van der Waals surface area contributed by atoms with Crippen LogP contribution < -0.4 is 10.1 Å². The molecule has 1 aliphatic heterocycles. The van der Waals surface area contributed by atoms with Gasteiger partial charge in [0.25, 0.3) is 0 Å². The zero-order valence-corrected chi connectivity index (χ0v) is 11.7. The lowest BCUT2D eigenvalue weighted by atomic mass is 10.0. The summed E-state index contributed by atoms with van der Waals surface area (Å²) < 4.78 is 10.8. The SMILES string of the molecule is COC(=O)C1CC(Oc2ccccc2C(C)C)CN1. The normalized spacial score (nSPS) is 22.5. The number of carbonyl (C=O) groups excluding carboxylic acids is 1. The highest BCUT2D eigenvalue weighted by atomic mass is 16.5. The topological polar surface area (TPSA) is 47.6 Å². The summed E-state index contributed by atoms with van der Waals surface area (Å²) in [6.07, 6.45) is 0.669. The largest absolute Gasteiger partial charge is 0.489 e. The van der Waals surface area contributed by atoms with Gasteiger partial charge in [0, 0.05) is 13.0 Å². The summed E-state index contributed by atoms with van der Waals surface area (Å²) in [5.74, 6) is 1.11. The number of para-hydroxylation sites is 1. The van der Waals surface area contributed by atoms with Crippen LogP contribution in [0.15, 0.2) is 24.3 Å². The standard InChI is InChI=1S/C15H21NO3/c1-10(2)12-6-4-5-7-14(12)19-11-8-13(16-9-11)15(17)18-3/h4-7,10-11,13,16H,8-9H2,1-3H3. The molecule has 2 unspecified atom stereocenters. The first-order valence-corrected chi connectivity index (χ1v) is 6.68. The molecule has 1 aromatic carbocycles. The Morgan fingerprint density at radius 3 is 2.79 bits per heavy atom. The minimum Gasteiger partial charge on any atom is -0.489 e. The van der Waals surface area contributed by atoms with Crippen LogP contribution in [0.2, 0.25) is 0 Å². The summed E-state index contributed by atoms with van der Waals surface area (Å²) >= 11 is 0. The van der Waals surface area contributed by atoms with E-state index in [0.29, 0.717) is 18.9 Å². The molecule has 1 fully saturated rings. The van der Waals surface area contributed by atoms with Crippen LogP contribution >= 0.6 is 0 Å². The summed E-state index contributed by atoms with van der Waals surface area (Å²) in [6.45, 7) is 4.96. The number of hydrogen-bond acceptors (Lipinski definition) is 4. The lowest BCUT2D eigenvalue weighted by molar-refractivity contribution is -0.142. The van der Waals surface area contributed by atoms with Crippen molar-refractivity contribution in [2.45, 2.75) is 38.3 Å². The van der Waals surface area contributed by atoms with Crippen molar-refractivity contribution >= 4 is 5.97 Å². The van der Waals surface area contributed by atoms with Gasteiger partial charge < -0.3 is 14.8 Å². The van der Waals surface area contributed by atoms with Crippen LogP contribution in [0.4, 0.5) is 0 Å². The summed E-state index contributed by atoms with van der Waals surface area (Å²) in [4.78, 5) is 11.4. The Kier molecular flexibility index (Phi) is 4.43. The third-order valence-corrected chi connectivity index (χ3v) is 3.41. The average molecular weight is 263 g/mol. The molecule has 0 aromatic heterocycles. The van der Waals surface area contributed by atoms with Gasteiger partial charge in [-0.15, -0.1) is 0 Å². The fourth-order valence-electron chi connectivity index (χ4n) is 2.36. The monoisotopic (exact) mass is 263 g/mol. The van der Waals surface area contributed by atoms with Crippen molar-refractivity contribution in [1.82, 2.24) is 5.32 Å². The molecule has 0 bridgehead atoms. The van der Waals surface area contributed by atoms with Crippen LogP contribution in [-0.2, 0) is 9.53 Å². The van der Waals surface area contributed by atoms with Gasteiger partial charge in [0.15, 0.2) is 0 Å². The van der Waals surface area contributed by atoms with Gasteiger partial charge in [-0.05, 0) is 17.5 Å². The molecule has 1 aromatic rings. The smallest absolute Gasteiger partial charge is 0.323 e. The van der Waals surface area contributed by atoms with Gasteiger partial charge in [-0.3, -0.25) is 4.79 Å². The second-order valence-electron chi connectivity index (χ2n) is 5.15. The van der Waals surface area contributed by atoms with E-state index in [4.69, 9.17) is 9.47 Å². The first-order valence-electron chi connectivity index (χ1n) is 6.68. The highest BCUT2D eigenvalue weighted by Gasteiger charge is 2.31. The molecular formula is C15H21NO3. The molecule has 0 aliphatic carbocycles. The minimum atomic E-state index is -0.249. The fourth-order valence-corrected chi connectivity index (χ4v) is 2.36. The van der Waals surface area contributed by atoms with E-state index in [1.165, 1.54) is 12.7 Å². The van der Waals surface area contributed by atoms with E-state index in [0.717, 1.165) is 5.75 Å². The zero-order chi connectivity index (χ0) is 13.8. The van der Waals surface area contributed by atoms with Crippen LogP contribution in [0, 0.1) is 0 Å². The van der Waals surface area contributed by atoms with Crippen LogP contribution in [0.25, 0.3) is 0 Å². The zero-order valence-electron chi connectivity index (χ0n) is 11.7. The Hall–Kier alpha value is -1.55. The second-order valence-corrected chi connectivity index (χ2v) is 5.15. The number of nitrogens with one attached hydrogen (secondary N) is 1. The Morgan fingerprint density at radius 2 is 2.11 bits per heavy atom. The van der Waals surface area contributed by atoms with Crippen molar-refractivity contribution in [3.8, 4) is 5.75 Å². The van der Waals surface area contributed by atoms with Gasteiger partial charge in [0.2, 0.25) is 0 Å². The van der Waals surface area contributed by atoms with Gasteiger partial charge >= 0.3 is 5.97 Å². The van der Waals surface area contributed by atoms with Gasteiger partial charge in [-0.25, -0.2) is 0 Å². The third-order valence-electron chi connectivity index (χ3n) is 3.41. The van der Waals surface area contributed by atoms with Gasteiger partial charge in [0.05, 0.1) is 7.11 Å². The molecule has 1 aliphatic rings. The number of ether oxygens (including phenoxy) is 2. The van der Waals surface area contributed by atoms with E-state index >= 15 is 0 Å². The van der Waals surface area contributed by atoms with Crippen LogP contribution in [0.1, 0.15) is 31.7 Å². The maximum absolute atomic E-state index is 11.4. The maximum Gasteiger partial charge on any atom is 0.323 e. The molecule has 0 spiro atoms. The summed E-state index contributed by atoms with van der Waals surface area (Å²) in [5, 5.41) is 3.13. The number of rotatable bonds is 4. The summed E-state index contributed by atoms with van der Waals surface area (Å²) in [5.41, 5.74) is 1.20. The molecule has 1 saturated heterocycles. The van der Waals surface area contributed by atoms with E-state index in [-0.39, 0.29) is 18.1 Å². The summed E-state index contributed by atoms with van der Waals surface area (Å²) in [7, 11) is 1.41. The highest BCUT2D eigenvalue weighted by Crippen LogP contribution is 2.28. The average Bonchev–Trinajstić information content (AvgIpc) is 2.86. The first-order chi connectivity index (χ1) is 9.11. The van der Waals surface area contributed by atoms with Crippen molar-refractivity contribution in [3.63, 3.8) is 0 Å². The third kappa shape index (κ3) is 3.26. The Morgan fingerprint density at radius 1 is 1.37 bits per heavy atom. The van der Waals surface area contributed by atoms with Gasteiger partial charge in [0.1, 0.15) is 17.9 Å².